The Morgan fingerprint density at radius 1 is 1.43 bits per heavy atom. The van der Waals surface area contributed by atoms with E-state index in [1.165, 1.54) is 0 Å². The molecule has 0 spiro atoms. The molecular weight excluding hydrogens is 161 g/mol. The van der Waals surface area contributed by atoms with Gasteiger partial charge in [-0.25, -0.2) is 4.39 Å². The van der Waals surface area contributed by atoms with Gasteiger partial charge in [-0.2, -0.15) is 0 Å². The second kappa shape index (κ2) is 3.76. The molecule has 0 aliphatic carbocycles. The maximum atomic E-state index is 11.9. The first-order chi connectivity index (χ1) is 3.18. The van der Waals surface area contributed by atoms with E-state index in [0.717, 1.165) is 0 Å². The topological polar surface area (TPSA) is 0 Å². The predicted molar refractivity (Wildman–Crippen MR) is 31.1 cm³/mol. The molecule has 0 aromatic rings. The first kappa shape index (κ1) is 7.80. The Labute approximate surface area is 56.5 Å². The number of halogens is 4. The van der Waals surface area contributed by atoms with Crippen LogP contribution >= 0.6 is 34.8 Å². The molecule has 0 saturated carbocycles. The lowest BCUT2D eigenvalue weighted by atomic mass is 10.5. The van der Waals surface area contributed by atoms with E-state index in [2.05, 4.69) is 0 Å². The summed E-state index contributed by atoms with van der Waals surface area (Å²) in [6.07, 6.45) is -1.30. The largest absolute Gasteiger partial charge is 0.243 e. The van der Waals surface area contributed by atoms with Crippen LogP contribution in [0.2, 0.25) is 0 Å². The molecule has 0 radical (unpaired) electrons. The lowest BCUT2D eigenvalue weighted by Gasteiger charge is -2.00. The van der Waals surface area contributed by atoms with Crippen molar-refractivity contribution in [2.45, 2.75) is 11.0 Å². The van der Waals surface area contributed by atoms with Crippen LogP contribution in [-0.2, 0) is 0 Å². The Hall–Kier alpha value is 0.800. The molecule has 0 aromatic carbocycles. The molecule has 0 bridgehead atoms. The average molecular weight is 165 g/mol. The van der Waals surface area contributed by atoms with E-state index in [0.29, 0.717) is 0 Å². The summed E-state index contributed by atoms with van der Waals surface area (Å²) in [7, 11) is 0. The molecule has 0 N–H and O–H groups in total. The van der Waals surface area contributed by atoms with Gasteiger partial charge in [-0.1, -0.05) is 0 Å². The number of hydrogen-bond acceptors (Lipinski definition) is 0. The maximum Gasteiger partial charge on any atom is 0.144 e. The van der Waals surface area contributed by atoms with E-state index >= 15 is 0 Å². The zero-order chi connectivity index (χ0) is 5.86. The Balaban J connectivity index is 3.14. The molecule has 0 rings (SSSR count). The van der Waals surface area contributed by atoms with Gasteiger partial charge in [-0.3, -0.25) is 0 Å². The van der Waals surface area contributed by atoms with E-state index in [9.17, 15) is 4.39 Å². The molecule has 0 aliphatic rings. The smallest absolute Gasteiger partial charge is 0.144 e. The number of rotatable bonds is 2. The minimum Gasteiger partial charge on any atom is -0.243 e. The van der Waals surface area contributed by atoms with Crippen molar-refractivity contribution in [3.8, 4) is 0 Å². The third-order valence-corrected chi connectivity index (χ3v) is 1.26. The SMILES string of the molecule is FC(CCl)C(Cl)Cl. The third kappa shape index (κ3) is 3.39. The standard InChI is InChI=1S/C3H4Cl3F/c4-1-2(7)3(5)6/h2-3H,1H2. The highest BCUT2D eigenvalue weighted by Gasteiger charge is 2.12. The molecule has 1 unspecified atom stereocenters. The van der Waals surface area contributed by atoms with Crippen molar-refractivity contribution < 1.29 is 4.39 Å². The highest BCUT2D eigenvalue weighted by molar-refractivity contribution is 6.45. The first-order valence-corrected chi connectivity index (χ1v) is 3.07. The quantitative estimate of drug-likeness (QED) is 0.551. The summed E-state index contributed by atoms with van der Waals surface area (Å²) in [6.45, 7) is 0. The van der Waals surface area contributed by atoms with Crippen molar-refractivity contribution in [3.63, 3.8) is 0 Å². The monoisotopic (exact) mass is 164 g/mol. The molecule has 0 amide bonds. The van der Waals surface area contributed by atoms with Gasteiger partial charge in [-0.15, -0.1) is 34.8 Å². The fourth-order valence-electron chi connectivity index (χ4n) is 0.0673. The minimum absolute atomic E-state index is 0.141. The zero-order valence-corrected chi connectivity index (χ0v) is 5.64. The molecule has 1 atom stereocenters. The maximum absolute atomic E-state index is 11.9. The van der Waals surface area contributed by atoms with E-state index < -0.39 is 11.0 Å². The Kier molecular flexibility index (Phi) is 4.19. The summed E-state index contributed by atoms with van der Waals surface area (Å²) in [4.78, 5) is -0.988. The van der Waals surface area contributed by atoms with Gasteiger partial charge in [0.2, 0.25) is 0 Å². The number of hydrogen-bond donors (Lipinski definition) is 0. The van der Waals surface area contributed by atoms with Gasteiger partial charge < -0.3 is 0 Å². The normalized spacial score (nSPS) is 15.0. The van der Waals surface area contributed by atoms with Crippen molar-refractivity contribution in [1.29, 1.82) is 0 Å². The van der Waals surface area contributed by atoms with Crippen molar-refractivity contribution in [2.75, 3.05) is 5.88 Å². The summed E-state index contributed by atoms with van der Waals surface area (Å²) < 4.78 is 11.9. The fourth-order valence-corrected chi connectivity index (χ4v) is 0.606. The van der Waals surface area contributed by atoms with E-state index in [4.69, 9.17) is 34.8 Å². The second-order valence-corrected chi connectivity index (χ2v) is 2.48. The summed E-state index contributed by atoms with van der Waals surface area (Å²) in [5.74, 6) is -0.141. The van der Waals surface area contributed by atoms with Gasteiger partial charge in [0, 0.05) is 0 Å². The molecule has 7 heavy (non-hydrogen) atoms. The van der Waals surface area contributed by atoms with Crippen molar-refractivity contribution in [1.82, 2.24) is 0 Å². The van der Waals surface area contributed by atoms with Crippen LogP contribution < -0.4 is 0 Å². The van der Waals surface area contributed by atoms with Gasteiger partial charge in [0.05, 0.1) is 5.88 Å². The fraction of sp³-hybridized carbons (Fsp3) is 1.00. The molecule has 0 nitrogen and oxygen atoms in total. The van der Waals surface area contributed by atoms with Crippen LogP contribution in [0, 0.1) is 0 Å². The van der Waals surface area contributed by atoms with Gasteiger partial charge in [0.15, 0.2) is 0 Å². The third-order valence-electron chi connectivity index (χ3n) is 0.421. The summed E-state index contributed by atoms with van der Waals surface area (Å²) >= 11 is 15.1. The number of alkyl halides is 4. The molecular formula is C3H4Cl3F. The van der Waals surface area contributed by atoms with Gasteiger partial charge in [0.25, 0.3) is 0 Å². The molecule has 0 aromatic heterocycles. The Morgan fingerprint density at radius 2 is 1.86 bits per heavy atom. The molecule has 0 fully saturated rings. The molecule has 4 heteroatoms. The molecule has 0 heterocycles. The van der Waals surface area contributed by atoms with Crippen LogP contribution in [0.25, 0.3) is 0 Å². The van der Waals surface area contributed by atoms with Crippen LogP contribution in [0.1, 0.15) is 0 Å². The summed E-state index contributed by atoms with van der Waals surface area (Å²) in [5.41, 5.74) is 0. The van der Waals surface area contributed by atoms with E-state index in [-0.39, 0.29) is 5.88 Å². The van der Waals surface area contributed by atoms with E-state index in [1.54, 1.807) is 0 Å². The highest BCUT2D eigenvalue weighted by Crippen LogP contribution is 2.11. The van der Waals surface area contributed by atoms with Gasteiger partial charge in [-0.05, 0) is 0 Å². The van der Waals surface area contributed by atoms with Crippen LogP contribution in [0.5, 0.6) is 0 Å². The van der Waals surface area contributed by atoms with Gasteiger partial charge in [0.1, 0.15) is 11.0 Å². The Morgan fingerprint density at radius 3 is 1.86 bits per heavy atom. The highest BCUT2D eigenvalue weighted by atomic mass is 35.5. The lowest BCUT2D eigenvalue weighted by Crippen LogP contribution is -2.10. The van der Waals surface area contributed by atoms with Crippen molar-refractivity contribution in [3.05, 3.63) is 0 Å². The average Bonchev–Trinajstić information content (AvgIpc) is 1.65. The predicted octanol–water partition coefficient (Wildman–Crippen LogP) is 2.37. The van der Waals surface area contributed by atoms with Crippen molar-refractivity contribution >= 4 is 34.8 Å². The summed E-state index contributed by atoms with van der Waals surface area (Å²) in [5, 5.41) is 0. The Bertz CT molecular complexity index is 47.4. The van der Waals surface area contributed by atoms with Crippen LogP contribution in [-0.4, -0.2) is 16.9 Å². The lowest BCUT2D eigenvalue weighted by molar-refractivity contribution is 0.386. The van der Waals surface area contributed by atoms with Crippen molar-refractivity contribution in [2.24, 2.45) is 0 Å². The van der Waals surface area contributed by atoms with Crippen LogP contribution in [0.4, 0.5) is 4.39 Å². The van der Waals surface area contributed by atoms with E-state index in [1.807, 2.05) is 0 Å². The van der Waals surface area contributed by atoms with Crippen LogP contribution in [0.15, 0.2) is 0 Å². The second-order valence-electron chi connectivity index (χ2n) is 1.00. The van der Waals surface area contributed by atoms with Crippen LogP contribution in [0.3, 0.4) is 0 Å². The summed E-state index contributed by atoms with van der Waals surface area (Å²) in [6, 6.07) is 0. The first-order valence-electron chi connectivity index (χ1n) is 1.66. The minimum atomic E-state index is -1.30. The molecule has 44 valence electrons. The molecule has 0 saturated heterocycles. The molecule has 0 aliphatic heterocycles. The van der Waals surface area contributed by atoms with Gasteiger partial charge >= 0.3 is 0 Å². The zero-order valence-electron chi connectivity index (χ0n) is 3.37.